The molecule has 0 aromatic heterocycles. The maximum atomic E-state index is 13.5. The Labute approximate surface area is 93.0 Å². The average Bonchev–Trinajstić information content (AvgIpc) is 2.14. The summed E-state index contributed by atoms with van der Waals surface area (Å²) >= 11 is 0. The van der Waals surface area contributed by atoms with Gasteiger partial charge in [0.25, 0.3) is 0 Å². The molecule has 1 atom stereocenters. The molecule has 0 amide bonds. The lowest BCUT2D eigenvalue weighted by atomic mass is 9.99. The number of halogens is 3. The van der Waals surface area contributed by atoms with Crippen molar-refractivity contribution in [2.24, 2.45) is 0 Å². The van der Waals surface area contributed by atoms with Crippen LogP contribution >= 0.6 is 0 Å². The number of likely N-dealkylation sites (N-methyl/N-ethyl adjacent to an activating group) is 1. The molecule has 0 saturated heterocycles. The van der Waals surface area contributed by atoms with Crippen LogP contribution in [0.25, 0.3) is 0 Å². The van der Waals surface area contributed by atoms with Gasteiger partial charge in [-0.2, -0.15) is 0 Å². The molecule has 0 heterocycles. The highest BCUT2D eigenvalue weighted by atomic mass is 19.1. The first-order valence-electron chi connectivity index (χ1n) is 5.00. The second kappa shape index (κ2) is 5.16. The van der Waals surface area contributed by atoms with Crippen LogP contribution in [0, 0.1) is 17.5 Å². The van der Waals surface area contributed by atoms with E-state index >= 15 is 0 Å². The van der Waals surface area contributed by atoms with Gasteiger partial charge in [-0.3, -0.25) is 0 Å². The van der Waals surface area contributed by atoms with E-state index in [0.717, 1.165) is 0 Å². The molecule has 1 aromatic carbocycles. The van der Waals surface area contributed by atoms with Gasteiger partial charge in [-0.05, 0) is 13.5 Å². The SMILES string of the molecule is C=C(C)C(NCC)c1c(F)cc(F)cc1F. The summed E-state index contributed by atoms with van der Waals surface area (Å²) in [6, 6.07) is 0.711. The summed E-state index contributed by atoms with van der Waals surface area (Å²) in [7, 11) is 0. The third kappa shape index (κ3) is 2.64. The van der Waals surface area contributed by atoms with E-state index in [1.807, 2.05) is 6.92 Å². The summed E-state index contributed by atoms with van der Waals surface area (Å²) in [5.41, 5.74) is 0.391. The lowest BCUT2D eigenvalue weighted by Crippen LogP contribution is -2.24. The molecule has 4 heteroatoms. The molecule has 0 spiro atoms. The molecule has 1 N–H and O–H groups in total. The minimum absolute atomic E-state index is 0.184. The van der Waals surface area contributed by atoms with Crippen molar-refractivity contribution in [3.8, 4) is 0 Å². The molecule has 1 nitrogen and oxygen atoms in total. The fraction of sp³-hybridized carbons (Fsp3) is 0.333. The van der Waals surface area contributed by atoms with Gasteiger partial charge in [0.15, 0.2) is 0 Å². The Morgan fingerprint density at radius 2 is 1.81 bits per heavy atom. The van der Waals surface area contributed by atoms with Crippen molar-refractivity contribution in [3.63, 3.8) is 0 Å². The summed E-state index contributed by atoms with van der Waals surface area (Å²) in [6.07, 6.45) is 0. The van der Waals surface area contributed by atoms with E-state index in [9.17, 15) is 13.2 Å². The number of benzene rings is 1. The lowest BCUT2D eigenvalue weighted by molar-refractivity contribution is 0.489. The van der Waals surface area contributed by atoms with Crippen molar-refractivity contribution in [1.29, 1.82) is 0 Å². The zero-order valence-electron chi connectivity index (χ0n) is 9.28. The number of nitrogens with one attached hydrogen (secondary N) is 1. The maximum Gasteiger partial charge on any atom is 0.134 e. The smallest absolute Gasteiger partial charge is 0.134 e. The number of rotatable bonds is 4. The molecule has 1 aromatic rings. The Hall–Kier alpha value is -1.29. The molecule has 0 fully saturated rings. The third-order valence-electron chi connectivity index (χ3n) is 2.23. The van der Waals surface area contributed by atoms with Crippen LogP contribution in [0.4, 0.5) is 13.2 Å². The van der Waals surface area contributed by atoms with Crippen LogP contribution in [0.5, 0.6) is 0 Å². The molecule has 16 heavy (non-hydrogen) atoms. The molecule has 0 aliphatic carbocycles. The molecule has 1 unspecified atom stereocenters. The molecule has 0 aliphatic heterocycles. The Kier molecular flexibility index (Phi) is 4.12. The zero-order valence-corrected chi connectivity index (χ0v) is 9.28. The van der Waals surface area contributed by atoms with Gasteiger partial charge < -0.3 is 5.32 Å². The van der Waals surface area contributed by atoms with Crippen molar-refractivity contribution in [3.05, 3.63) is 47.3 Å². The summed E-state index contributed by atoms with van der Waals surface area (Å²) in [4.78, 5) is 0. The van der Waals surface area contributed by atoms with Gasteiger partial charge in [0.1, 0.15) is 17.5 Å². The van der Waals surface area contributed by atoms with Gasteiger partial charge in [-0.25, -0.2) is 13.2 Å². The van der Waals surface area contributed by atoms with Crippen molar-refractivity contribution < 1.29 is 13.2 Å². The standard InChI is InChI=1S/C12H14F3N/c1-4-16-12(7(2)3)11-9(14)5-8(13)6-10(11)15/h5-6,12,16H,2,4H2,1,3H3. The van der Waals surface area contributed by atoms with E-state index in [-0.39, 0.29) is 5.56 Å². The van der Waals surface area contributed by atoms with Crippen LogP contribution in [0.1, 0.15) is 25.5 Å². The summed E-state index contributed by atoms with van der Waals surface area (Å²) in [5, 5.41) is 2.90. The van der Waals surface area contributed by atoms with Gasteiger partial charge in [-0.15, -0.1) is 0 Å². The molecule has 0 aliphatic rings. The van der Waals surface area contributed by atoms with Crippen LogP contribution in [-0.2, 0) is 0 Å². The quantitative estimate of drug-likeness (QED) is 0.781. The predicted octanol–water partition coefficient (Wildman–Crippen LogP) is 3.33. The summed E-state index contributed by atoms with van der Waals surface area (Å²) < 4.78 is 39.7. The fourth-order valence-corrected chi connectivity index (χ4v) is 1.56. The van der Waals surface area contributed by atoms with E-state index in [1.165, 1.54) is 0 Å². The van der Waals surface area contributed by atoms with E-state index < -0.39 is 23.5 Å². The Morgan fingerprint density at radius 1 is 1.31 bits per heavy atom. The molecule has 0 bridgehead atoms. The van der Waals surface area contributed by atoms with Gasteiger partial charge in [0.05, 0.1) is 6.04 Å². The van der Waals surface area contributed by atoms with Crippen molar-refractivity contribution in [1.82, 2.24) is 5.32 Å². The fourth-order valence-electron chi connectivity index (χ4n) is 1.56. The molecule has 1 rings (SSSR count). The number of hydrogen-bond donors (Lipinski definition) is 1. The van der Waals surface area contributed by atoms with Crippen LogP contribution in [0.15, 0.2) is 24.3 Å². The minimum atomic E-state index is -0.921. The first-order chi connectivity index (χ1) is 7.47. The first-order valence-corrected chi connectivity index (χ1v) is 5.00. The second-order valence-corrected chi connectivity index (χ2v) is 3.62. The topological polar surface area (TPSA) is 12.0 Å². The summed E-state index contributed by atoms with van der Waals surface area (Å²) in [6.45, 7) is 7.68. The van der Waals surface area contributed by atoms with Gasteiger partial charge in [-0.1, -0.05) is 19.1 Å². The largest absolute Gasteiger partial charge is 0.307 e. The molecule has 88 valence electrons. The first kappa shape index (κ1) is 12.8. The van der Waals surface area contributed by atoms with E-state index in [1.54, 1.807) is 6.92 Å². The number of hydrogen-bond acceptors (Lipinski definition) is 1. The average molecular weight is 229 g/mol. The van der Waals surface area contributed by atoms with Crippen LogP contribution in [-0.4, -0.2) is 6.54 Å². The molecule has 0 radical (unpaired) electrons. The molecule has 0 saturated carbocycles. The highest BCUT2D eigenvalue weighted by molar-refractivity contribution is 5.29. The van der Waals surface area contributed by atoms with E-state index in [2.05, 4.69) is 11.9 Å². The third-order valence-corrected chi connectivity index (χ3v) is 2.23. The second-order valence-electron chi connectivity index (χ2n) is 3.62. The van der Waals surface area contributed by atoms with Crippen LogP contribution < -0.4 is 5.32 Å². The summed E-state index contributed by atoms with van der Waals surface area (Å²) in [5.74, 6) is -2.71. The monoisotopic (exact) mass is 229 g/mol. The van der Waals surface area contributed by atoms with Crippen LogP contribution in [0.2, 0.25) is 0 Å². The Balaban J connectivity index is 3.23. The van der Waals surface area contributed by atoms with Crippen molar-refractivity contribution in [2.75, 3.05) is 6.54 Å². The van der Waals surface area contributed by atoms with E-state index in [4.69, 9.17) is 0 Å². The van der Waals surface area contributed by atoms with Crippen molar-refractivity contribution >= 4 is 0 Å². The highest BCUT2D eigenvalue weighted by Crippen LogP contribution is 2.26. The van der Waals surface area contributed by atoms with Gasteiger partial charge in [0.2, 0.25) is 0 Å². The highest BCUT2D eigenvalue weighted by Gasteiger charge is 2.21. The van der Waals surface area contributed by atoms with Crippen molar-refractivity contribution in [2.45, 2.75) is 19.9 Å². The zero-order chi connectivity index (χ0) is 12.3. The Bertz CT molecular complexity index is 378. The predicted molar refractivity (Wildman–Crippen MR) is 57.5 cm³/mol. The Morgan fingerprint density at radius 3 is 2.19 bits per heavy atom. The van der Waals surface area contributed by atoms with Gasteiger partial charge in [0, 0.05) is 17.7 Å². The normalized spacial score (nSPS) is 12.6. The van der Waals surface area contributed by atoms with E-state index in [0.29, 0.717) is 24.3 Å². The molecular weight excluding hydrogens is 215 g/mol. The van der Waals surface area contributed by atoms with Crippen LogP contribution in [0.3, 0.4) is 0 Å². The maximum absolute atomic E-state index is 13.5. The van der Waals surface area contributed by atoms with Gasteiger partial charge >= 0.3 is 0 Å². The minimum Gasteiger partial charge on any atom is -0.307 e. The lowest BCUT2D eigenvalue weighted by Gasteiger charge is -2.19. The molecular formula is C12H14F3N.